The van der Waals surface area contributed by atoms with Crippen molar-refractivity contribution in [2.24, 2.45) is 5.11 Å². The summed E-state index contributed by atoms with van der Waals surface area (Å²) in [7, 11) is 0. The Bertz CT molecular complexity index is 1820. The van der Waals surface area contributed by atoms with Gasteiger partial charge in [0.2, 0.25) is 5.72 Å². The van der Waals surface area contributed by atoms with Gasteiger partial charge in [0, 0.05) is 4.91 Å². The third-order valence-corrected chi connectivity index (χ3v) is 8.68. The Labute approximate surface area is 253 Å². The lowest BCUT2D eigenvalue weighted by Crippen LogP contribution is -2.59. The van der Waals surface area contributed by atoms with Crippen molar-refractivity contribution in [3.63, 3.8) is 0 Å². The second kappa shape index (κ2) is 11.1. The van der Waals surface area contributed by atoms with Crippen molar-refractivity contribution in [2.45, 2.75) is 55.9 Å². The van der Waals surface area contributed by atoms with Gasteiger partial charge in [-0.3, -0.25) is 0 Å². The van der Waals surface area contributed by atoms with E-state index in [0.29, 0.717) is 17.8 Å². The fourth-order valence-corrected chi connectivity index (χ4v) is 6.37. The number of rotatable bonds is 11. The van der Waals surface area contributed by atoms with E-state index < -0.39 is 29.1 Å². The second-order valence-corrected chi connectivity index (χ2v) is 11.1. The number of aromatic nitrogens is 3. The van der Waals surface area contributed by atoms with Gasteiger partial charge in [0.05, 0.1) is 25.5 Å². The first-order valence-electron chi connectivity index (χ1n) is 14.4. The number of nitrogen functional groups attached to an aromatic ring is 1. The van der Waals surface area contributed by atoms with Crippen molar-refractivity contribution in [3.05, 3.63) is 142 Å². The van der Waals surface area contributed by atoms with Gasteiger partial charge in [-0.1, -0.05) is 91.0 Å². The third kappa shape index (κ3) is 4.33. The molecule has 2 fully saturated rings. The second-order valence-electron chi connectivity index (χ2n) is 11.1. The SMILES string of the molecule is C[C@]1(OCc2ccccc2)[C@](N=[N+]=[N-])(c2ccc3c(N)ncnn23)O[C@@H]2C(OCc3ccccc3)[C@@]21OCc1ccccc1. The molecule has 2 aliphatic rings. The molecule has 1 unspecified atom stereocenters. The molecule has 1 saturated heterocycles. The van der Waals surface area contributed by atoms with Crippen LogP contribution in [0.2, 0.25) is 0 Å². The van der Waals surface area contributed by atoms with Gasteiger partial charge in [0.15, 0.2) is 11.4 Å². The van der Waals surface area contributed by atoms with Gasteiger partial charge in [-0.05, 0) is 46.4 Å². The summed E-state index contributed by atoms with van der Waals surface area (Å²) in [5.74, 6) is 0.275. The highest BCUT2D eigenvalue weighted by Crippen LogP contribution is 2.69. The standard InChI is InChI=1S/C33H31N7O4/c1-31(42-20-24-13-7-3-8-14-24)32(43-21-25-15-9-4-10-16-25)28(41-19-23-11-5-2-6-12-23)29(32)44-33(31,38-39-35)27-18-17-26-30(34)36-22-37-40(26)27/h2-18,22,28-29H,19-21H2,1H3,(H2,34,36,37)/t28?,29-,31-,32-,33+/m1/s1. The zero-order chi connectivity index (χ0) is 30.2. The minimum absolute atomic E-state index is 0.193. The number of nitrogens with zero attached hydrogens (tertiary/aromatic N) is 6. The minimum Gasteiger partial charge on any atom is -0.382 e. The number of anilines is 1. The Morgan fingerprint density at radius 3 is 2.07 bits per heavy atom. The van der Waals surface area contributed by atoms with Gasteiger partial charge in [-0.25, -0.2) is 9.50 Å². The summed E-state index contributed by atoms with van der Waals surface area (Å²) in [6.07, 6.45) is 0.187. The van der Waals surface area contributed by atoms with Crippen LogP contribution in [-0.2, 0) is 44.5 Å². The Morgan fingerprint density at radius 1 is 0.864 bits per heavy atom. The maximum Gasteiger partial charge on any atom is 0.221 e. The zero-order valence-electron chi connectivity index (χ0n) is 24.1. The molecule has 3 heterocycles. The number of azide groups is 1. The van der Waals surface area contributed by atoms with Crippen molar-refractivity contribution in [1.82, 2.24) is 14.6 Å². The number of fused-ring (bicyclic) bond motifs is 2. The molecule has 2 aromatic heterocycles. The van der Waals surface area contributed by atoms with E-state index in [1.165, 1.54) is 6.33 Å². The Kier molecular flexibility index (Phi) is 7.04. The Balaban J connectivity index is 1.36. The first-order valence-corrected chi connectivity index (χ1v) is 14.4. The van der Waals surface area contributed by atoms with Gasteiger partial charge in [-0.2, -0.15) is 5.10 Å². The van der Waals surface area contributed by atoms with Crippen LogP contribution in [0.15, 0.2) is 115 Å². The molecule has 44 heavy (non-hydrogen) atoms. The molecule has 2 N–H and O–H groups in total. The van der Waals surface area contributed by atoms with Gasteiger partial charge < -0.3 is 24.7 Å². The van der Waals surface area contributed by atoms with Crippen LogP contribution in [-0.4, -0.2) is 38.0 Å². The van der Waals surface area contributed by atoms with E-state index in [0.717, 1.165) is 16.7 Å². The van der Waals surface area contributed by atoms with Crippen LogP contribution < -0.4 is 5.73 Å². The molecule has 1 aliphatic carbocycles. The quantitative estimate of drug-likeness (QED) is 0.118. The Hall–Kier alpha value is -4.77. The first kappa shape index (κ1) is 28.0. The molecule has 5 aromatic rings. The Morgan fingerprint density at radius 2 is 1.45 bits per heavy atom. The molecule has 0 amide bonds. The lowest BCUT2D eigenvalue weighted by molar-refractivity contribution is -0.241. The van der Waals surface area contributed by atoms with Crippen LogP contribution in [0.1, 0.15) is 29.3 Å². The van der Waals surface area contributed by atoms with E-state index in [1.54, 1.807) is 16.6 Å². The molecule has 11 heteroatoms. The normalized spacial score (nSPS) is 27.1. The maximum atomic E-state index is 10.0. The van der Waals surface area contributed by atoms with Gasteiger partial charge in [0.1, 0.15) is 29.7 Å². The molecule has 0 bridgehead atoms. The molecule has 3 aromatic carbocycles. The fourth-order valence-electron chi connectivity index (χ4n) is 6.37. The first-order chi connectivity index (χ1) is 21.5. The van der Waals surface area contributed by atoms with Crippen molar-refractivity contribution in [2.75, 3.05) is 5.73 Å². The fraction of sp³-hybridized carbons (Fsp3) is 0.273. The molecule has 7 rings (SSSR count). The highest BCUT2D eigenvalue weighted by atomic mass is 16.7. The maximum absolute atomic E-state index is 10.0. The van der Waals surface area contributed by atoms with Crippen LogP contribution in [0, 0.1) is 0 Å². The van der Waals surface area contributed by atoms with E-state index in [9.17, 15) is 5.53 Å². The summed E-state index contributed by atoms with van der Waals surface area (Å²) in [6.45, 7) is 2.65. The van der Waals surface area contributed by atoms with Crippen LogP contribution in [0.25, 0.3) is 16.0 Å². The van der Waals surface area contributed by atoms with Gasteiger partial charge in [-0.15, -0.1) is 0 Å². The van der Waals surface area contributed by atoms with Crippen LogP contribution in [0.5, 0.6) is 0 Å². The van der Waals surface area contributed by atoms with Crippen molar-refractivity contribution in [1.29, 1.82) is 0 Å². The summed E-state index contributed by atoms with van der Waals surface area (Å²) >= 11 is 0. The molecule has 222 valence electrons. The molecular formula is C33H31N7O4. The van der Waals surface area contributed by atoms with Crippen molar-refractivity contribution in [3.8, 4) is 0 Å². The molecule has 1 aliphatic heterocycles. The number of ether oxygens (including phenoxy) is 4. The summed E-state index contributed by atoms with van der Waals surface area (Å²) in [6, 6.07) is 33.1. The molecular weight excluding hydrogens is 558 g/mol. The van der Waals surface area contributed by atoms with Crippen LogP contribution in [0.3, 0.4) is 0 Å². The number of hydrogen-bond acceptors (Lipinski definition) is 8. The lowest BCUT2D eigenvalue weighted by Gasteiger charge is -2.45. The smallest absolute Gasteiger partial charge is 0.221 e. The van der Waals surface area contributed by atoms with Crippen LogP contribution >= 0.6 is 0 Å². The molecule has 0 radical (unpaired) electrons. The third-order valence-electron chi connectivity index (χ3n) is 8.68. The highest BCUT2D eigenvalue weighted by Gasteiger charge is 2.89. The minimum atomic E-state index is -1.71. The van der Waals surface area contributed by atoms with E-state index in [-0.39, 0.29) is 19.0 Å². The summed E-state index contributed by atoms with van der Waals surface area (Å²) < 4.78 is 28.7. The van der Waals surface area contributed by atoms with Crippen molar-refractivity contribution >= 4 is 11.3 Å². The molecule has 1 saturated carbocycles. The summed E-state index contributed by atoms with van der Waals surface area (Å²) in [5.41, 5.74) is 15.8. The van der Waals surface area contributed by atoms with Crippen molar-refractivity contribution < 1.29 is 18.9 Å². The predicted molar refractivity (Wildman–Crippen MR) is 162 cm³/mol. The number of hydrogen-bond donors (Lipinski definition) is 1. The lowest BCUT2D eigenvalue weighted by atomic mass is 9.83. The van der Waals surface area contributed by atoms with E-state index in [4.69, 9.17) is 24.7 Å². The highest BCUT2D eigenvalue weighted by molar-refractivity contribution is 5.66. The van der Waals surface area contributed by atoms with Gasteiger partial charge in [0.25, 0.3) is 0 Å². The largest absolute Gasteiger partial charge is 0.382 e. The average molecular weight is 590 g/mol. The summed E-state index contributed by atoms with van der Waals surface area (Å²) in [5, 5.41) is 8.80. The number of benzene rings is 3. The molecule has 11 nitrogen and oxygen atoms in total. The molecule has 5 atom stereocenters. The van der Waals surface area contributed by atoms with Gasteiger partial charge >= 0.3 is 0 Å². The monoisotopic (exact) mass is 589 g/mol. The zero-order valence-corrected chi connectivity index (χ0v) is 24.1. The predicted octanol–water partition coefficient (Wildman–Crippen LogP) is 5.70. The van der Waals surface area contributed by atoms with E-state index in [2.05, 4.69) is 20.1 Å². The molecule has 0 spiro atoms. The van der Waals surface area contributed by atoms with E-state index >= 15 is 0 Å². The number of nitrogens with two attached hydrogens (primary N) is 1. The van der Waals surface area contributed by atoms with E-state index in [1.807, 2.05) is 97.9 Å². The summed E-state index contributed by atoms with van der Waals surface area (Å²) in [4.78, 5) is 7.40. The van der Waals surface area contributed by atoms with Crippen LogP contribution in [0.4, 0.5) is 5.82 Å². The topological polar surface area (TPSA) is 142 Å². The average Bonchev–Trinajstić information content (AvgIpc) is 3.33.